The molecule has 0 aliphatic rings. The molecule has 2 amide bonds. The van der Waals surface area contributed by atoms with Gasteiger partial charge in [-0.25, -0.2) is 4.79 Å². The number of carbonyl (C=O) groups excluding carboxylic acids is 1. The molecule has 0 radical (unpaired) electrons. The van der Waals surface area contributed by atoms with Crippen LogP contribution in [0, 0.1) is 0 Å². The molecule has 0 saturated heterocycles. The Labute approximate surface area is 136 Å². The van der Waals surface area contributed by atoms with Crippen LogP contribution in [0.1, 0.15) is 0 Å². The lowest BCUT2D eigenvalue weighted by Crippen LogP contribution is -2.23. The molecule has 4 nitrogen and oxygen atoms in total. The number of rotatable bonds is 4. The molecule has 0 saturated carbocycles. The molecule has 2 rings (SSSR count). The molecule has 2 aromatic carbocycles. The van der Waals surface area contributed by atoms with Crippen LogP contribution in [0.2, 0.25) is 10.0 Å². The third-order valence-corrected chi connectivity index (χ3v) is 3.91. The van der Waals surface area contributed by atoms with E-state index in [2.05, 4.69) is 10.0 Å². The standard InChI is InChI=1S/C14H12Cl2N2O2S/c1-20-9-4-2-5-10(8-9)21-18-14(19)17-13-11(15)6-3-7-12(13)16/h2-8H,1H3,(H2,17,18,19). The molecular formula is C14H12Cl2N2O2S. The Bertz CT molecular complexity index is 632. The van der Waals surface area contributed by atoms with Crippen LogP contribution in [0.5, 0.6) is 5.75 Å². The summed E-state index contributed by atoms with van der Waals surface area (Å²) in [6, 6.07) is 11.9. The topological polar surface area (TPSA) is 50.4 Å². The molecule has 0 fully saturated rings. The van der Waals surface area contributed by atoms with E-state index in [0.717, 1.165) is 22.6 Å². The van der Waals surface area contributed by atoms with Crippen LogP contribution in [-0.4, -0.2) is 13.1 Å². The number of hydrogen-bond acceptors (Lipinski definition) is 3. The van der Waals surface area contributed by atoms with Crippen LogP contribution in [0.15, 0.2) is 47.4 Å². The monoisotopic (exact) mass is 342 g/mol. The summed E-state index contributed by atoms with van der Waals surface area (Å²) in [4.78, 5) is 12.7. The predicted molar refractivity (Wildman–Crippen MR) is 87.5 cm³/mol. The van der Waals surface area contributed by atoms with E-state index in [-0.39, 0.29) is 0 Å². The maximum Gasteiger partial charge on any atom is 0.329 e. The number of urea groups is 1. The van der Waals surface area contributed by atoms with Gasteiger partial charge in [0.2, 0.25) is 0 Å². The average molecular weight is 343 g/mol. The van der Waals surface area contributed by atoms with Crippen LogP contribution in [0.4, 0.5) is 10.5 Å². The summed E-state index contributed by atoms with van der Waals surface area (Å²) in [5.41, 5.74) is 0.379. The highest BCUT2D eigenvalue weighted by Gasteiger charge is 2.09. The van der Waals surface area contributed by atoms with Gasteiger partial charge < -0.3 is 10.1 Å². The number of amides is 2. The Balaban J connectivity index is 1.96. The van der Waals surface area contributed by atoms with Crippen LogP contribution >= 0.6 is 35.1 Å². The van der Waals surface area contributed by atoms with Crippen molar-refractivity contribution >= 4 is 46.9 Å². The van der Waals surface area contributed by atoms with Crippen molar-refractivity contribution in [1.82, 2.24) is 4.72 Å². The largest absolute Gasteiger partial charge is 0.497 e. The third-order valence-electron chi connectivity index (χ3n) is 2.50. The van der Waals surface area contributed by atoms with Gasteiger partial charge in [-0.2, -0.15) is 0 Å². The van der Waals surface area contributed by atoms with E-state index in [9.17, 15) is 4.79 Å². The molecule has 0 atom stereocenters. The van der Waals surface area contributed by atoms with Gasteiger partial charge in [0.25, 0.3) is 0 Å². The van der Waals surface area contributed by atoms with Crippen molar-refractivity contribution < 1.29 is 9.53 Å². The van der Waals surface area contributed by atoms with E-state index < -0.39 is 6.03 Å². The van der Waals surface area contributed by atoms with Crippen molar-refractivity contribution in [3.8, 4) is 5.75 Å². The Morgan fingerprint density at radius 1 is 1.14 bits per heavy atom. The minimum atomic E-state index is -0.419. The zero-order valence-corrected chi connectivity index (χ0v) is 13.4. The fraction of sp³-hybridized carbons (Fsp3) is 0.0714. The molecule has 0 spiro atoms. The molecule has 0 bridgehead atoms. The molecule has 0 aliphatic carbocycles. The maximum atomic E-state index is 11.9. The number of carbonyl (C=O) groups is 1. The van der Waals surface area contributed by atoms with Crippen molar-refractivity contribution in [1.29, 1.82) is 0 Å². The van der Waals surface area contributed by atoms with Gasteiger partial charge in [0.05, 0.1) is 22.8 Å². The molecule has 0 heterocycles. The number of hydrogen-bond donors (Lipinski definition) is 2. The van der Waals surface area contributed by atoms with Gasteiger partial charge in [0.15, 0.2) is 0 Å². The second-order valence-electron chi connectivity index (χ2n) is 3.93. The molecule has 7 heteroatoms. The predicted octanol–water partition coefficient (Wildman–Crippen LogP) is 4.83. The summed E-state index contributed by atoms with van der Waals surface area (Å²) in [6.45, 7) is 0. The second kappa shape index (κ2) is 7.45. The highest BCUT2D eigenvalue weighted by atomic mass is 35.5. The summed E-state index contributed by atoms with van der Waals surface area (Å²) in [5.74, 6) is 0.719. The third kappa shape index (κ3) is 4.46. The maximum absolute atomic E-state index is 11.9. The van der Waals surface area contributed by atoms with Gasteiger partial charge in [-0.05, 0) is 42.3 Å². The number of halogens is 2. The number of benzene rings is 2. The first-order valence-electron chi connectivity index (χ1n) is 5.92. The van der Waals surface area contributed by atoms with Gasteiger partial charge >= 0.3 is 6.03 Å². The molecule has 0 aliphatic heterocycles. The zero-order valence-electron chi connectivity index (χ0n) is 11.0. The van der Waals surface area contributed by atoms with Crippen LogP contribution in [-0.2, 0) is 0 Å². The highest BCUT2D eigenvalue weighted by molar-refractivity contribution is 7.98. The minimum Gasteiger partial charge on any atom is -0.497 e. The van der Waals surface area contributed by atoms with Crippen molar-refractivity contribution in [3.63, 3.8) is 0 Å². The van der Waals surface area contributed by atoms with Crippen molar-refractivity contribution in [2.24, 2.45) is 0 Å². The summed E-state index contributed by atoms with van der Waals surface area (Å²) >= 11 is 13.1. The van der Waals surface area contributed by atoms with Crippen LogP contribution < -0.4 is 14.8 Å². The number of methoxy groups -OCH3 is 1. The van der Waals surface area contributed by atoms with E-state index >= 15 is 0 Å². The Hall–Kier alpha value is -1.56. The van der Waals surface area contributed by atoms with Gasteiger partial charge in [0.1, 0.15) is 5.75 Å². The molecular weight excluding hydrogens is 331 g/mol. The number of para-hydroxylation sites is 1. The van der Waals surface area contributed by atoms with E-state index in [1.807, 2.05) is 24.3 Å². The van der Waals surface area contributed by atoms with Crippen LogP contribution in [0.3, 0.4) is 0 Å². The van der Waals surface area contributed by atoms with E-state index in [1.165, 1.54) is 0 Å². The smallest absolute Gasteiger partial charge is 0.329 e. The number of anilines is 1. The fourth-order valence-corrected chi connectivity index (χ4v) is 2.60. The summed E-state index contributed by atoms with van der Waals surface area (Å²) in [6.07, 6.45) is 0. The Morgan fingerprint density at radius 2 is 1.81 bits per heavy atom. The van der Waals surface area contributed by atoms with Crippen molar-refractivity contribution in [2.75, 3.05) is 12.4 Å². The van der Waals surface area contributed by atoms with Gasteiger partial charge in [-0.15, -0.1) is 0 Å². The molecule has 21 heavy (non-hydrogen) atoms. The van der Waals surface area contributed by atoms with E-state index in [1.54, 1.807) is 25.3 Å². The molecule has 0 unspecified atom stereocenters. The lowest BCUT2D eigenvalue weighted by molar-refractivity contribution is 0.257. The molecule has 110 valence electrons. The van der Waals surface area contributed by atoms with Gasteiger partial charge in [0, 0.05) is 4.90 Å². The molecule has 2 N–H and O–H groups in total. The number of nitrogens with one attached hydrogen (secondary N) is 2. The lowest BCUT2D eigenvalue weighted by atomic mass is 10.3. The summed E-state index contributed by atoms with van der Waals surface area (Å²) in [5, 5.41) is 3.37. The molecule has 2 aromatic rings. The van der Waals surface area contributed by atoms with Crippen molar-refractivity contribution in [3.05, 3.63) is 52.5 Å². The first-order chi connectivity index (χ1) is 10.1. The highest BCUT2D eigenvalue weighted by Crippen LogP contribution is 2.30. The SMILES string of the molecule is COc1cccc(SNC(=O)Nc2c(Cl)cccc2Cl)c1. The second-order valence-corrected chi connectivity index (χ2v) is 5.63. The normalized spacial score (nSPS) is 10.0. The Kier molecular flexibility index (Phi) is 5.61. The molecule has 0 aromatic heterocycles. The summed E-state index contributed by atoms with van der Waals surface area (Å²) in [7, 11) is 1.59. The average Bonchev–Trinajstić information content (AvgIpc) is 2.49. The number of ether oxygens (including phenoxy) is 1. The van der Waals surface area contributed by atoms with E-state index in [0.29, 0.717) is 15.7 Å². The zero-order chi connectivity index (χ0) is 15.2. The van der Waals surface area contributed by atoms with Crippen molar-refractivity contribution in [2.45, 2.75) is 4.90 Å². The lowest BCUT2D eigenvalue weighted by Gasteiger charge is -2.10. The van der Waals surface area contributed by atoms with Gasteiger partial charge in [-0.3, -0.25) is 4.72 Å². The van der Waals surface area contributed by atoms with Crippen LogP contribution in [0.25, 0.3) is 0 Å². The van der Waals surface area contributed by atoms with E-state index in [4.69, 9.17) is 27.9 Å². The quantitative estimate of drug-likeness (QED) is 0.782. The summed E-state index contributed by atoms with van der Waals surface area (Å²) < 4.78 is 7.76. The fourth-order valence-electron chi connectivity index (χ4n) is 1.53. The first kappa shape index (κ1) is 15.8. The Morgan fingerprint density at radius 3 is 2.48 bits per heavy atom. The van der Waals surface area contributed by atoms with Gasteiger partial charge in [-0.1, -0.05) is 35.3 Å². The minimum absolute atomic E-state index is 0.379. The first-order valence-corrected chi connectivity index (χ1v) is 7.49.